The van der Waals surface area contributed by atoms with Gasteiger partial charge in [0.25, 0.3) is 5.91 Å². The highest BCUT2D eigenvalue weighted by Gasteiger charge is 2.30. The first kappa shape index (κ1) is 13.7. The standard InChI is InChI=1S/C12H16BrN3OS/c1-12(3-2-4-18-12)7-16-11(17)8-5-10(14)15-6-9(8)13/h5-6H,2-4,7H2,1H3,(H2,14,15)(H,16,17). The number of carbonyl (C=O) groups is 1. The average molecular weight is 330 g/mol. The van der Waals surface area contributed by atoms with E-state index in [4.69, 9.17) is 5.73 Å². The minimum atomic E-state index is -0.107. The van der Waals surface area contributed by atoms with Crippen molar-refractivity contribution in [3.05, 3.63) is 22.3 Å². The number of nitrogens with two attached hydrogens (primary N) is 1. The zero-order valence-electron chi connectivity index (χ0n) is 10.2. The van der Waals surface area contributed by atoms with Crippen molar-refractivity contribution in [3.63, 3.8) is 0 Å². The fraction of sp³-hybridized carbons (Fsp3) is 0.500. The molecule has 1 saturated heterocycles. The number of nitrogens with one attached hydrogen (secondary N) is 1. The normalized spacial score (nSPS) is 23.0. The van der Waals surface area contributed by atoms with Gasteiger partial charge in [0.1, 0.15) is 5.82 Å². The molecule has 18 heavy (non-hydrogen) atoms. The molecule has 1 aliphatic heterocycles. The molecule has 1 aliphatic rings. The van der Waals surface area contributed by atoms with E-state index in [-0.39, 0.29) is 10.7 Å². The van der Waals surface area contributed by atoms with Gasteiger partial charge in [-0.05, 0) is 47.5 Å². The number of nitrogen functional groups attached to an aromatic ring is 1. The van der Waals surface area contributed by atoms with Gasteiger partial charge in [-0.25, -0.2) is 4.98 Å². The largest absolute Gasteiger partial charge is 0.384 e. The molecule has 0 radical (unpaired) electrons. The number of aromatic nitrogens is 1. The summed E-state index contributed by atoms with van der Waals surface area (Å²) in [5.41, 5.74) is 6.13. The molecule has 3 N–H and O–H groups in total. The smallest absolute Gasteiger partial charge is 0.252 e. The number of halogens is 1. The Morgan fingerprint density at radius 1 is 1.72 bits per heavy atom. The molecule has 98 valence electrons. The third-order valence-corrected chi connectivity index (χ3v) is 5.21. The van der Waals surface area contributed by atoms with Gasteiger partial charge < -0.3 is 11.1 Å². The van der Waals surface area contributed by atoms with Crippen LogP contribution in [0.15, 0.2) is 16.7 Å². The molecule has 1 aromatic rings. The van der Waals surface area contributed by atoms with E-state index in [2.05, 4.69) is 33.2 Å². The summed E-state index contributed by atoms with van der Waals surface area (Å²) < 4.78 is 0.833. The number of hydrogen-bond acceptors (Lipinski definition) is 4. The van der Waals surface area contributed by atoms with E-state index in [9.17, 15) is 4.79 Å². The molecule has 0 spiro atoms. The van der Waals surface area contributed by atoms with Gasteiger partial charge in [0.05, 0.1) is 5.56 Å². The molecule has 1 fully saturated rings. The van der Waals surface area contributed by atoms with E-state index >= 15 is 0 Å². The lowest BCUT2D eigenvalue weighted by Crippen LogP contribution is -2.36. The first-order valence-corrected chi connectivity index (χ1v) is 7.61. The molecule has 0 saturated carbocycles. The van der Waals surface area contributed by atoms with Crippen molar-refractivity contribution in [2.75, 3.05) is 18.0 Å². The van der Waals surface area contributed by atoms with Crippen LogP contribution >= 0.6 is 27.7 Å². The lowest BCUT2D eigenvalue weighted by Gasteiger charge is -2.23. The zero-order chi connectivity index (χ0) is 13.2. The van der Waals surface area contributed by atoms with E-state index in [1.807, 2.05) is 11.8 Å². The molecule has 4 nitrogen and oxygen atoms in total. The van der Waals surface area contributed by atoms with Crippen molar-refractivity contribution in [2.24, 2.45) is 0 Å². The quantitative estimate of drug-likeness (QED) is 0.893. The van der Waals surface area contributed by atoms with E-state index in [0.29, 0.717) is 22.4 Å². The molecule has 0 aromatic carbocycles. The number of hydrogen-bond donors (Lipinski definition) is 2. The summed E-state index contributed by atoms with van der Waals surface area (Å²) in [6.45, 7) is 2.88. The molecule has 1 aromatic heterocycles. The Kier molecular flexibility index (Phi) is 4.17. The van der Waals surface area contributed by atoms with Gasteiger partial charge in [0.15, 0.2) is 0 Å². The van der Waals surface area contributed by atoms with Crippen LogP contribution in [0.4, 0.5) is 5.82 Å². The molecule has 6 heteroatoms. The number of carbonyl (C=O) groups excluding carboxylic acids is 1. The third-order valence-electron chi connectivity index (χ3n) is 3.04. The highest BCUT2D eigenvalue weighted by Crippen LogP contribution is 2.37. The van der Waals surface area contributed by atoms with E-state index in [1.54, 1.807) is 12.3 Å². The summed E-state index contributed by atoms with van der Waals surface area (Å²) in [5, 5.41) is 2.98. The molecule has 1 amide bonds. The minimum absolute atomic E-state index is 0.107. The average Bonchev–Trinajstić information content (AvgIpc) is 2.77. The Labute approximate surface area is 119 Å². The second-order valence-corrected chi connectivity index (χ2v) is 7.21. The molecule has 0 bridgehead atoms. The van der Waals surface area contributed by atoms with Crippen LogP contribution in [0.5, 0.6) is 0 Å². The van der Waals surface area contributed by atoms with E-state index < -0.39 is 0 Å². The number of amides is 1. The van der Waals surface area contributed by atoms with Crippen molar-refractivity contribution in [1.29, 1.82) is 0 Å². The molecule has 2 rings (SSSR count). The van der Waals surface area contributed by atoms with Crippen LogP contribution in [0.25, 0.3) is 0 Å². The fourth-order valence-electron chi connectivity index (χ4n) is 1.97. The van der Waals surface area contributed by atoms with Gasteiger partial charge >= 0.3 is 0 Å². The predicted octanol–water partition coefficient (Wildman–Crippen LogP) is 2.44. The molecular formula is C12H16BrN3OS. The van der Waals surface area contributed by atoms with Crippen LogP contribution in [0.3, 0.4) is 0 Å². The summed E-state index contributed by atoms with van der Waals surface area (Å²) in [5.74, 6) is 1.42. The van der Waals surface area contributed by atoms with Crippen molar-refractivity contribution >= 4 is 39.4 Å². The maximum Gasteiger partial charge on any atom is 0.252 e. The fourth-order valence-corrected chi connectivity index (χ4v) is 3.61. The molecule has 1 atom stereocenters. The number of pyridine rings is 1. The van der Waals surface area contributed by atoms with Crippen molar-refractivity contribution in [1.82, 2.24) is 10.3 Å². The highest BCUT2D eigenvalue weighted by molar-refractivity contribution is 9.10. The summed E-state index contributed by atoms with van der Waals surface area (Å²) in [4.78, 5) is 16.0. The first-order chi connectivity index (χ1) is 8.50. The topological polar surface area (TPSA) is 68.0 Å². The highest BCUT2D eigenvalue weighted by atomic mass is 79.9. The number of nitrogens with zero attached hydrogens (tertiary/aromatic N) is 1. The zero-order valence-corrected chi connectivity index (χ0v) is 12.6. The van der Waals surface area contributed by atoms with Crippen molar-refractivity contribution < 1.29 is 4.79 Å². The van der Waals surface area contributed by atoms with Crippen LogP contribution in [-0.2, 0) is 0 Å². The molecular weight excluding hydrogens is 314 g/mol. The van der Waals surface area contributed by atoms with Gasteiger partial charge in [-0.1, -0.05) is 0 Å². The van der Waals surface area contributed by atoms with E-state index in [1.165, 1.54) is 12.2 Å². The van der Waals surface area contributed by atoms with Crippen molar-refractivity contribution in [3.8, 4) is 0 Å². The predicted molar refractivity (Wildman–Crippen MR) is 78.8 cm³/mol. The van der Waals surface area contributed by atoms with Gasteiger partial charge in [-0.3, -0.25) is 4.79 Å². The Morgan fingerprint density at radius 2 is 2.50 bits per heavy atom. The third kappa shape index (κ3) is 3.17. The Hall–Kier alpha value is -0.750. The Balaban J connectivity index is 2.01. The minimum Gasteiger partial charge on any atom is -0.384 e. The van der Waals surface area contributed by atoms with Crippen LogP contribution in [0.1, 0.15) is 30.1 Å². The summed E-state index contributed by atoms with van der Waals surface area (Å²) in [6.07, 6.45) is 3.93. The second kappa shape index (κ2) is 5.48. The molecule has 0 aliphatic carbocycles. The summed E-state index contributed by atoms with van der Waals surface area (Å²) in [6, 6.07) is 1.59. The van der Waals surface area contributed by atoms with Gasteiger partial charge in [0, 0.05) is 22.0 Å². The number of rotatable bonds is 3. The second-order valence-electron chi connectivity index (χ2n) is 4.67. The Bertz CT molecular complexity index is 461. The summed E-state index contributed by atoms with van der Waals surface area (Å²) in [7, 11) is 0. The van der Waals surface area contributed by atoms with Gasteiger partial charge in [-0.15, -0.1) is 0 Å². The monoisotopic (exact) mass is 329 g/mol. The maximum atomic E-state index is 12.1. The van der Waals surface area contributed by atoms with Gasteiger partial charge in [0.2, 0.25) is 0 Å². The van der Waals surface area contributed by atoms with Crippen molar-refractivity contribution in [2.45, 2.75) is 24.5 Å². The Morgan fingerprint density at radius 3 is 3.17 bits per heavy atom. The first-order valence-electron chi connectivity index (χ1n) is 5.83. The van der Waals surface area contributed by atoms with Gasteiger partial charge in [-0.2, -0.15) is 11.8 Å². The lowest BCUT2D eigenvalue weighted by molar-refractivity contribution is 0.0949. The number of anilines is 1. The van der Waals surface area contributed by atoms with E-state index in [0.717, 1.165) is 6.42 Å². The maximum absolute atomic E-state index is 12.1. The lowest BCUT2D eigenvalue weighted by atomic mass is 10.1. The van der Waals surface area contributed by atoms with Crippen LogP contribution in [-0.4, -0.2) is 27.9 Å². The van der Waals surface area contributed by atoms with Crippen LogP contribution in [0.2, 0.25) is 0 Å². The van der Waals surface area contributed by atoms with Crippen LogP contribution in [0, 0.1) is 0 Å². The molecule has 1 unspecified atom stereocenters. The number of thioether (sulfide) groups is 1. The molecule has 2 heterocycles. The van der Waals surface area contributed by atoms with Crippen LogP contribution < -0.4 is 11.1 Å². The SMILES string of the molecule is CC1(CNC(=O)c2cc(N)ncc2Br)CCCS1. The summed E-state index contributed by atoms with van der Waals surface area (Å²) >= 11 is 5.24.